The minimum atomic E-state index is -0.928. The second kappa shape index (κ2) is 6.56. The Morgan fingerprint density at radius 1 is 1.21 bits per heavy atom. The number of fused-ring (bicyclic) bond motifs is 1. The Balaban J connectivity index is 1.53. The first-order chi connectivity index (χ1) is 13.6. The number of rotatable bonds is 3. The summed E-state index contributed by atoms with van der Waals surface area (Å²) in [6.45, 7) is 10.4. The Morgan fingerprint density at radius 3 is 2.55 bits per heavy atom. The van der Waals surface area contributed by atoms with Crippen molar-refractivity contribution in [2.75, 3.05) is 4.90 Å². The fourth-order valence-electron chi connectivity index (χ4n) is 3.66. The van der Waals surface area contributed by atoms with Crippen LogP contribution in [0.4, 0.5) is 10.5 Å². The molecule has 3 heterocycles. The summed E-state index contributed by atoms with van der Waals surface area (Å²) in [6, 6.07) is 8.74. The molecule has 2 aromatic rings. The van der Waals surface area contributed by atoms with Crippen molar-refractivity contribution in [1.82, 2.24) is 10.3 Å². The molecule has 4 rings (SSSR count). The summed E-state index contributed by atoms with van der Waals surface area (Å²) in [5.74, 6) is 0.732. The molecule has 1 saturated heterocycles. The van der Waals surface area contributed by atoms with Crippen LogP contribution in [0.2, 0.25) is 0 Å². The van der Waals surface area contributed by atoms with Crippen LogP contribution in [0.25, 0.3) is 0 Å². The van der Waals surface area contributed by atoms with Gasteiger partial charge in [-0.15, -0.1) is 0 Å². The highest BCUT2D eigenvalue weighted by atomic mass is 16.5. The van der Waals surface area contributed by atoms with Gasteiger partial charge in [-0.1, -0.05) is 26.8 Å². The van der Waals surface area contributed by atoms with E-state index in [4.69, 9.17) is 9.47 Å². The van der Waals surface area contributed by atoms with E-state index in [-0.39, 0.29) is 17.4 Å². The Hall–Kier alpha value is -2.93. The number of nitrogens with zero attached hydrogens (tertiary/aromatic N) is 2. The van der Waals surface area contributed by atoms with Crippen LogP contribution in [-0.2, 0) is 16.1 Å². The molecule has 0 unspecified atom stereocenters. The van der Waals surface area contributed by atoms with Crippen molar-refractivity contribution < 1.29 is 19.1 Å². The minimum Gasteiger partial charge on any atom is -0.439 e. The van der Waals surface area contributed by atoms with Crippen LogP contribution in [0.3, 0.4) is 0 Å². The topological polar surface area (TPSA) is 80.8 Å². The van der Waals surface area contributed by atoms with Crippen LogP contribution < -0.4 is 15.0 Å². The van der Waals surface area contributed by atoms with E-state index in [1.807, 2.05) is 18.2 Å². The van der Waals surface area contributed by atoms with Gasteiger partial charge in [0.15, 0.2) is 0 Å². The van der Waals surface area contributed by atoms with E-state index in [1.165, 1.54) is 11.8 Å². The lowest BCUT2D eigenvalue weighted by atomic mass is 9.84. The summed E-state index contributed by atoms with van der Waals surface area (Å²) < 4.78 is 11.9. The molecular formula is C22H25N3O4. The number of aromatic nitrogens is 1. The molecular weight excluding hydrogens is 370 g/mol. The van der Waals surface area contributed by atoms with Crippen LogP contribution in [0.5, 0.6) is 11.6 Å². The van der Waals surface area contributed by atoms with Crippen molar-refractivity contribution >= 4 is 17.6 Å². The highest BCUT2D eigenvalue weighted by Gasteiger charge is 2.45. The third-order valence-electron chi connectivity index (χ3n) is 5.15. The third-order valence-corrected chi connectivity index (χ3v) is 5.15. The van der Waals surface area contributed by atoms with Gasteiger partial charge in [0.05, 0.1) is 24.6 Å². The van der Waals surface area contributed by atoms with Crippen molar-refractivity contribution in [2.24, 2.45) is 5.41 Å². The molecule has 2 aliphatic heterocycles. The van der Waals surface area contributed by atoms with Gasteiger partial charge in [-0.25, -0.2) is 14.7 Å². The van der Waals surface area contributed by atoms with Gasteiger partial charge in [0.25, 0.3) is 5.91 Å². The molecule has 29 heavy (non-hydrogen) atoms. The molecule has 1 atom stereocenters. The van der Waals surface area contributed by atoms with Crippen molar-refractivity contribution in [3.8, 4) is 11.6 Å². The molecule has 0 aliphatic carbocycles. The number of pyridine rings is 1. The molecule has 1 aromatic carbocycles. The molecule has 152 valence electrons. The Labute approximate surface area is 170 Å². The van der Waals surface area contributed by atoms with Gasteiger partial charge < -0.3 is 14.8 Å². The average Bonchev–Trinajstić information content (AvgIpc) is 3.14. The monoisotopic (exact) mass is 395 g/mol. The lowest BCUT2D eigenvalue weighted by molar-refractivity contribution is -0.121. The molecule has 3 amide bonds. The predicted molar refractivity (Wildman–Crippen MR) is 108 cm³/mol. The molecule has 1 fully saturated rings. The van der Waals surface area contributed by atoms with Gasteiger partial charge in [-0.05, 0) is 48.6 Å². The van der Waals surface area contributed by atoms with Crippen LogP contribution >= 0.6 is 0 Å². The maximum Gasteiger partial charge on any atom is 0.329 e. The number of benzene rings is 1. The second-order valence-corrected chi connectivity index (χ2v) is 9.07. The molecule has 7 nitrogen and oxygen atoms in total. The van der Waals surface area contributed by atoms with E-state index in [0.29, 0.717) is 23.9 Å². The average molecular weight is 395 g/mol. The number of carbonyl (C=O) groups excluding carboxylic acids is 2. The SMILES string of the molecule is CC1(C)NC(=O)N(c2ccc(Oc3ccc4c(c3)[C@@H](C(C)(C)C)OC4)nc2)C1=O. The maximum atomic E-state index is 12.4. The number of amides is 3. The highest BCUT2D eigenvalue weighted by molar-refractivity contribution is 6.22. The Morgan fingerprint density at radius 2 is 1.97 bits per heavy atom. The zero-order valence-electron chi connectivity index (χ0n) is 17.3. The lowest BCUT2D eigenvalue weighted by Gasteiger charge is -2.27. The van der Waals surface area contributed by atoms with Crippen LogP contribution in [0, 0.1) is 5.41 Å². The van der Waals surface area contributed by atoms with Crippen molar-refractivity contribution in [3.63, 3.8) is 0 Å². The van der Waals surface area contributed by atoms with Gasteiger partial charge in [-0.2, -0.15) is 0 Å². The van der Waals surface area contributed by atoms with Crippen LogP contribution in [0.15, 0.2) is 36.5 Å². The van der Waals surface area contributed by atoms with Gasteiger partial charge in [0, 0.05) is 6.07 Å². The number of hydrogen-bond acceptors (Lipinski definition) is 5. The Bertz CT molecular complexity index is 977. The van der Waals surface area contributed by atoms with Gasteiger partial charge in [0.1, 0.15) is 11.3 Å². The summed E-state index contributed by atoms with van der Waals surface area (Å²) in [5, 5.41) is 2.65. The maximum absolute atomic E-state index is 12.4. The van der Waals surface area contributed by atoms with Crippen molar-refractivity contribution in [3.05, 3.63) is 47.7 Å². The fraction of sp³-hybridized carbons (Fsp3) is 0.409. The quantitative estimate of drug-likeness (QED) is 0.783. The first-order valence-corrected chi connectivity index (χ1v) is 9.61. The number of imide groups is 1. The zero-order valence-corrected chi connectivity index (χ0v) is 17.3. The number of ether oxygens (including phenoxy) is 2. The minimum absolute atomic E-state index is 0.0134. The second-order valence-electron chi connectivity index (χ2n) is 9.07. The van der Waals surface area contributed by atoms with E-state index >= 15 is 0 Å². The first kappa shape index (κ1) is 19.4. The summed E-state index contributed by atoms with van der Waals surface area (Å²) in [6.07, 6.45) is 1.47. The molecule has 1 N–H and O–H groups in total. The van der Waals surface area contributed by atoms with Crippen LogP contribution in [0.1, 0.15) is 51.8 Å². The summed E-state index contributed by atoms with van der Waals surface area (Å²) in [4.78, 5) is 29.9. The normalized spacial score (nSPS) is 20.6. The van der Waals surface area contributed by atoms with E-state index in [9.17, 15) is 9.59 Å². The lowest BCUT2D eigenvalue weighted by Crippen LogP contribution is -2.40. The molecule has 0 spiro atoms. The van der Waals surface area contributed by atoms with Crippen molar-refractivity contribution in [2.45, 2.75) is 52.9 Å². The molecule has 0 bridgehead atoms. The highest BCUT2D eigenvalue weighted by Crippen LogP contribution is 2.44. The van der Waals surface area contributed by atoms with Crippen LogP contribution in [-0.4, -0.2) is 22.5 Å². The molecule has 7 heteroatoms. The molecule has 2 aliphatic rings. The fourth-order valence-corrected chi connectivity index (χ4v) is 3.66. The van der Waals surface area contributed by atoms with Gasteiger partial charge >= 0.3 is 6.03 Å². The van der Waals surface area contributed by atoms with E-state index in [0.717, 1.165) is 10.5 Å². The standard InChI is InChI=1S/C22H25N3O4/c1-21(2,3)18-16-10-15(8-6-13(16)12-28-18)29-17-9-7-14(11-23-17)25-19(26)22(4,5)24-20(25)27/h6-11,18H,12H2,1-5H3,(H,24,27)/t18-/m0/s1. The van der Waals surface area contributed by atoms with E-state index in [1.54, 1.807) is 26.0 Å². The number of carbonyl (C=O) groups is 2. The van der Waals surface area contributed by atoms with E-state index < -0.39 is 11.6 Å². The number of urea groups is 1. The summed E-state index contributed by atoms with van der Waals surface area (Å²) >= 11 is 0. The zero-order chi connectivity index (χ0) is 21.0. The first-order valence-electron chi connectivity index (χ1n) is 9.61. The molecule has 1 aromatic heterocycles. The third kappa shape index (κ3) is 3.46. The van der Waals surface area contributed by atoms with Gasteiger partial charge in [0.2, 0.25) is 5.88 Å². The number of nitrogens with one attached hydrogen (secondary N) is 1. The smallest absolute Gasteiger partial charge is 0.329 e. The number of hydrogen-bond donors (Lipinski definition) is 1. The largest absolute Gasteiger partial charge is 0.439 e. The predicted octanol–water partition coefficient (Wildman–Crippen LogP) is 4.33. The Kier molecular flexibility index (Phi) is 4.38. The molecule has 0 saturated carbocycles. The summed E-state index contributed by atoms with van der Waals surface area (Å²) in [5.41, 5.74) is 1.76. The van der Waals surface area contributed by atoms with Gasteiger partial charge in [-0.3, -0.25) is 4.79 Å². The van der Waals surface area contributed by atoms with E-state index in [2.05, 4.69) is 31.1 Å². The number of anilines is 1. The van der Waals surface area contributed by atoms with Crippen molar-refractivity contribution in [1.29, 1.82) is 0 Å². The summed E-state index contributed by atoms with van der Waals surface area (Å²) in [7, 11) is 0. The molecule has 0 radical (unpaired) electrons.